The number of carbonyl (C=O) groups excluding carboxylic acids is 2. The van der Waals surface area contributed by atoms with Crippen LogP contribution in [0, 0.1) is 17.2 Å². The van der Waals surface area contributed by atoms with E-state index in [-0.39, 0.29) is 18.2 Å². The van der Waals surface area contributed by atoms with E-state index in [9.17, 15) is 9.59 Å². The average molecular weight is 269 g/mol. The maximum Gasteiger partial charge on any atom is 0.248 e. The quantitative estimate of drug-likeness (QED) is 0.805. The molecule has 0 bridgehead atoms. The molecular formula is C15H15N3O2. The van der Waals surface area contributed by atoms with Gasteiger partial charge in [-0.25, -0.2) is 0 Å². The molecule has 1 saturated carbocycles. The van der Waals surface area contributed by atoms with Crippen LogP contribution >= 0.6 is 0 Å². The molecule has 0 unspecified atom stereocenters. The smallest absolute Gasteiger partial charge is 0.248 e. The predicted molar refractivity (Wildman–Crippen MR) is 75.8 cm³/mol. The topological polar surface area (TPSA) is 82.0 Å². The molecule has 2 amide bonds. The van der Waals surface area contributed by atoms with Crippen LogP contribution < -0.4 is 10.6 Å². The van der Waals surface area contributed by atoms with E-state index in [0.717, 1.165) is 12.8 Å². The molecule has 1 aliphatic rings. The van der Waals surface area contributed by atoms with E-state index in [0.29, 0.717) is 17.3 Å². The second-order valence-electron chi connectivity index (χ2n) is 4.65. The summed E-state index contributed by atoms with van der Waals surface area (Å²) in [5.41, 5.74) is 1.15. The molecular weight excluding hydrogens is 254 g/mol. The van der Waals surface area contributed by atoms with Gasteiger partial charge < -0.3 is 10.6 Å². The van der Waals surface area contributed by atoms with Gasteiger partial charge in [-0.3, -0.25) is 9.59 Å². The van der Waals surface area contributed by atoms with Crippen LogP contribution in [0.5, 0.6) is 0 Å². The number of rotatable bonds is 5. The Morgan fingerprint density at radius 2 is 2.00 bits per heavy atom. The first-order chi connectivity index (χ1) is 9.67. The maximum absolute atomic E-state index is 11.7. The Bertz CT molecular complexity index is 583. The summed E-state index contributed by atoms with van der Waals surface area (Å²) in [5, 5.41) is 13.7. The van der Waals surface area contributed by atoms with E-state index < -0.39 is 0 Å². The van der Waals surface area contributed by atoms with Crippen LogP contribution in [-0.4, -0.2) is 11.8 Å². The molecule has 5 nitrogen and oxygen atoms in total. The Kier molecular flexibility index (Phi) is 4.51. The van der Waals surface area contributed by atoms with Crippen molar-refractivity contribution >= 4 is 23.2 Å². The number of hydrogen-bond donors (Lipinski definition) is 2. The van der Waals surface area contributed by atoms with E-state index in [4.69, 9.17) is 5.26 Å². The van der Waals surface area contributed by atoms with Gasteiger partial charge in [0.2, 0.25) is 11.8 Å². The van der Waals surface area contributed by atoms with Crippen molar-refractivity contribution in [2.45, 2.75) is 19.3 Å². The van der Waals surface area contributed by atoms with Gasteiger partial charge in [-0.1, -0.05) is 12.1 Å². The minimum absolute atomic E-state index is 0.183. The molecule has 1 aromatic carbocycles. The van der Waals surface area contributed by atoms with Crippen molar-refractivity contribution < 1.29 is 9.59 Å². The fourth-order valence-electron chi connectivity index (χ4n) is 1.65. The van der Waals surface area contributed by atoms with Gasteiger partial charge >= 0.3 is 0 Å². The molecule has 20 heavy (non-hydrogen) atoms. The lowest BCUT2D eigenvalue weighted by molar-refractivity contribution is -0.115. The first-order valence-electron chi connectivity index (χ1n) is 6.43. The van der Waals surface area contributed by atoms with Crippen molar-refractivity contribution in [1.29, 1.82) is 5.26 Å². The number of hydrogen-bond acceptors (Lipinski definition) is 3. The minimum Gasteiger partial charge on any atom is -0.325 e. The van der Waals surface area contributed by atoms with Gasteiger partial charge in [0.25, 0.3) is 0 Å². The summed E-state index contributed by atoms with van der Waals surface area (Å²) < 4.78 is 0. The number of benzene rings is 1. The zero-order chi connectivity index (χ0) is 14.4. The Balaban J connectivity index is 1.93. The highest BCUT2D eigenvalue weighted by Gasteiger charge is 2.17. The normalized spacial score (nSPS) is 13.8. The third-order valence-electron chi connectivity index (χ3n) is 2.80. The van der Waals surface area contributed by atoms with Crippen LogP contribution in [0.4, 0.5) is 11.4 Å². The molecule has 5 heteroatoms. The van der Waals surface area contributed by atoms with Crippen molar-refractivity contribution in [3.8, 4) is 6.07 Å². The number of nitrogens with one attached hydrogen (secondary N) is 2. The summed E-state index contributed by atoms with van der Waals surface area (Å²) in [4.78, 5) is 23.0. The van der Waals surface area contributed by atoms with E-state index in [2.05, 4.69) is 10.6 Å². The summed E-state index contributed by atoms with van der Waals surface area (Å²) in [5.74, 6) is -0.000591. The Morgan fingerprint density at radius 1 is 1.30 bits per heavy atom. The fraction of sp³-hybridized carbons (Fsp3) is 0.267. The van der Waals surface area contributed by atoms with Crippen LogP contribution in [0.1, 0.15) is 19.3 Å². The van der Waals surface area contributed by atoms with E-state index >= 15 is 0 Å². The molecule has 2 N–H and O–H groups in total. The van der Waals surface area contributed by atoms with Crippen LogP contribution in [0.3, 0.4) is 0 Å². The van der Waals surface area contributed by atoms with Crippen molar-refractivity contribution in [3.05, 3.63) is 36.4 Å². The molecule has 0 aromatic heterocycles. The highest BCUT2D eigenvalue weighted by Crippen LogP contribution is 2.29. The molecule has 102 valence electrons. The van der Waals surface area contributed by atoms with Gasteiger partial charge in [0.15, 0.2) is 0 Å². The Hall–Kier alpha value is -2.61. The van der Waals surface area contributed by atoms with Crippen LogP contribution in [0.25, 0.3) is 0 Å². The van der Waals surface area contributed by atoms with Crippen molar-refractivity contribution in [1.82, 2.24) is 0 Å². The molecule has 0 heterocycles. The first kappa shape index (κ1) is 13.8. The van der Waals surface area contributed by atoms with Gasteiger partial charge in [-0.05, 0) is 43.0 Å². The second kappa shape index (κ2) is 6.53. The molecule has 0 radical (unpaired) electrons. The standard InChI is InChI=1S/C15H15N3O2/c16-9-8-15(20)18-13-3-1-2-12(10-13)17-14(19)7-6-11-4-5-11/h1-3,6-7,10-11H,4-5,8H2,(H,17,19)(H,18,20)/b7-6+. The number of anilines is 2. The molecule has 1 aromatic rings. The lowest BCUT2D eigenvalue weighted by atomic mass is 10.2. The maximum atomic E-state index is 11.7. The van der Waals surface area contributed by atoms with Gasteiger partial charge in [0.1, 0.15) is 6.42 Å². The highest BCUT2D eigenvalue weighted by molar-refractivity contribution is 6.00. The average Bonchev–Trinajstić information content (AvgIpc) is 3.21. The van der Waals surface area contributed by atoms with Gasteiger partial charge in [-0.15, -0.1) is 0 Å². The second-order valence-corrected chi connectivity index (χ2v) is 4.65. The van der Waals surface area contributed by atoms with E-state index in [1.807, 2.05) is 6.08 Å². The predicted octanol–water partition coefficient (Wildman–Crippen LogP) is 2.44. The van der Waals surface area contributed by atoms with Crippen molar-refractivity contribution in [2.75, 3.05) is 10.6 Å². The molecule has 0 spiro atoms. The molecule has 1 fully saturated rings. The summed E-state index contributed by atoms with van der Waals surface area (Å²) in [6.45, 7) is 0. The summed E-state index contributed by atoms with van der Waals surface area (Å²) in [6.07, 6.45) is 5.57. The van der Waals surface area contributed by atoms with Gasteiger partial charge in [0.05, 0.1) is 6.07 Å². The van der Waals surface area contributed by atoms with E-state index in [1.165, 1.54) is 0 Å². The molecule has 0 aliphatic heterocycles. The molecule has 0 atom stereocenters. The third kappa shape index (κ3) is 4.58. The molecule has 1 aliphatic carbocycles. The molecule has 0 saturated heterocycles. The zero-order valence-electron chi connectivity index (χ0n) is 10.9. The monoisotopic (exact) mass is 269 g/mol. The molecule has 2 rings (SSSR count). The minimum atomic E-state index is -0.371. The SMILES string of the molecule is N#CCC(=O)Nc1cccc(NC(=O)/C=C/C2CC2)c1. The Labute approximate surface area is 117 Å². The Morgan fingerprint density at radius 3 is 2.65 bits per heavy atom. The number of nitrogens with zero attached hydrogens (tertiary/aromatic N) is 1. The highest BCUT2D eigenvalue weighted by atomic mass is 16.2. The van der Waals surface area contributed by atoms with E-state index in [1.54, 1.807) is 36.4 Å². The number of amides is 2. The largest absolute Gasteiger partial charge is 0.325 e. The van der Waals surface area contributed by atoms with Gasteiger partial charge in [0, 0.05) is 11.4 Å². The van der Waals surface area contributed by atoms with Gasteiger partial charge in [-0.2, -0.15) is 5.26 Å². The first-order valence-corrected chi connectivity index (χ1v) is 6.43. The van der Waals surface area contributed by atoms with Crippen LogP contribution in [0.15, 0.2) is 36.4 Å². The third-order valence-corrected chi connectivity index (χ3v) is 2.80. The fourth-order valence-corrected chi connectivity index (χ4v) is 1.65. The summed E-state index contributed by atoms with van der Waals surface area (Å²) >= 11 is 0. The lowest BCUT2D eigenvalue weighted by Crippen LogP contribution is -2.11. The van der Waals surface area contributed by atoms with Crippen molar-refractivity contribution in [3.63, 3.8) is 0 Å². The lowest BCUT2D eigenvalue weighted by Gasteiger charge is -2.06. The van der Waals surface area contributed by atoms with Crippen LogP contribution in [0.2, 0.25) is 0 Å². The zero-order valence-corrected chi connectivity index (χ0v) is 10.9. The van der Waals surface area contributed by atoms with Crippen molar-refractivity contribution in [2.24, 2.45) is 5.92 Å². The number of nitriles is 1. The number of allylic oxidation sites excluding steroid dienone is 1. The number of carbonyl (C=O) groups is 2. The summed E-state index contributed by atoms with van der Waals surface area (Å²) in [6, 6.07) is 8.59. The summed E-state index contributed by atoms with van der Waals surface area (Å²) in [7, 11) is 0. The van der Waals surface area contributed by atoms with Crippen LogP contribution in [-0.2, 0) is 9.59 Å².